The number of carbonyl (C=O) groups excluding carboxylic acids is 1. The molecule has 102 valence electrons. The van der Waals surface area contributed by atoms with Crippen molar-refractivity contribution in [2.45, 2.75) is 6.54 Å². The average Bonchev–Trinajstić information content (AvgIpc) is 2.51. The van der Waals surface area contributed by atoms with E-state index in [2.05, 4.69) is 15.3 Å². The maximum atomic E-state index is 11.7. The Balaban J connectivity index is 1.84. The molecule has 1 amide bonds. The maximum absolute atomic E-state index is 11.7. The Kier molecular flexibility index (Phi) is 3.20. The summed E-state index contributed by atoms with van der Waals surface area (Å²) < 4.78 is 5.14. The van der Waals surface area contributed by atoms with Crippen LogP contribution >= 0.6 is 0 Å². The number of rotatable bonds is 3. The van der Waals surface area contributed by atoms with Crippen molar-refractivity contribution in [2.75, 3.05) is 18.7 Å². The van der Waals surface area contributed by atoms with E-state index in [1.807, 2.05) is 29.2 Å². The maximum Gasteiger partial charge on any atom is 0.258 e. The predicted octanol–water partition coefficient (Wildman–Crippen LogP) is 1.19. The van der Waals surface area contributed by atoms with E-state index in [0.29, 0.717) is 24.6 Å². The quantitative estimate of drug-likeness (QED) is 0.907. The highest BCUT2D eigenvalue weighted by Gasteiger charge is 2.23. The molecular formula is C14H14N4O2. The number of amides is 1. The first-order chi connectivity index (χ1) is 9.78. The molecule has 2 heterocycles. The van der Waals surface area contributed by atoms with E-state index in [1.54, 1.807) is 7.11 Å². The molecule has 2 aromatic rings. The molecule has 1 N–H and O–H groups in total. The summed E-state index contributed by atoms with van der Waals surface area (Å²) in [4.78, 5) is 21.8. The second-order valence-electron chi connectivity index (χ2n) is 4.47. The lowest BCUT2D eigenvalue weighted by atomic mass is 10.1. The summed E-state index contributed by atoms with van der Waals surface area (Å²) in [6.07, 6.45) is 3.00. The van der Waals surface area contributed by atoms with Gasteiger partial charge in [0, 0.05) is 12.7 Å². The van der Waals surface area contributed by atoms with Crippen LogP contribution in [-0.2, 0) is 6.54 Å². The first kappa shape index (κ1) is 12.4. The monoisotopic (exact) mass is 270 g/mol. The van der Waals surface area contributed by atoms with Gasteiger partial charge in [-0.3, -0.25) is 4.79 Å². The van der Waals surface area contributed by atoms with Gasteiger partial charge in [0.25, 0.3) is 5.91 Å². The summed E-state index contributed by atoms with van der Waals surface area (Å²) in [7, 11) is 1.64. The fourth-order valence-corrected chi connectivity index (χ4v) is 2.15. The summed E-state index contributed by atoms with van der Waals surface area (Å²) in [5.74, 6) is 1.36. The molecule has 0 saturated heterocycles. The second-order valence-corrected chi connectivity index (χ2v) is 4.47. The van der Waals surface area contributed by atoms with Crippen LogP contribution in [-0.4, -0.2) is 29.7 Å². The molecule has 0 atom stereocenters. The molecule has 0 spiro atoms. The summed E-state index contributed by atoms with van der Waals surface area (Å²) in [5, 5.41) is 2.81. The minimum atomic E-state index is -0.133. The Hall–Kier alpha value is -2.63. The van der Waals surface area contributed by atoms with Crippen LogP contribution < -0.4 is 15.0 Å². The first-order valence-electron chi connectivity index (χ1n) is 6.24. The topological polar surface area (TPSA) is 67.3 Å². The van der Waals surface area contributed by atoms with Crippen molar-refractivity contribution in [3.8, 4) is 5.75 Å². The van der Waals surface area contributed by atoms with Gasteiger partial charge < -0.3 is 15.0 Å². The van der Waals surface area contributed by atoms with Crippen molar-refractivity contribution in [3.05, 3.63) is 47.9 Å². The SMILES string of the molecule is COc1ccc(CN2CNC(=O)c3cncnc32)cc1. The zero-order valence-corrected chi connectivity index (χ0v) is 11.0. The molecule has 1 aliphatic rings. The number of aromatic nitrogens is 2. The van der Waals surface area contributed by atoms with Gasteiger partial charge in [-0.15, -0.1) is 0 Å². The lowest BCUT2D eigenvalue weighted by Crippen LogP contribution is -2.43. The van der Waals surface area contributed by atoms with Crippen molar-refractivity contribution < 1.29 is 9.53 Å². The van der Waals surface area contributed by atoms with Gasteiger partial charge >= 0.3 is 0 Å². The van der Waals surface area contributed by atoms with Crippen LogP contribution in [0, 0.1) is 0 Å². The number of fused-ring (bicyclic) bond motifs is 1. The molecule has 0 radical (unpaired) electrons. The standard InChI is InChI=1S/C14H14N4O2/c1-20-11-4-2-10(3-5-11)7-18-9-17-14(19)12-6-15-8-16-13(12)18/h2-6,8H,7,9H2,1H3,(H,17,19). The Morgan fingerprint density at radius 1 is 1.35 bits per heavy atom. The lowest BCUT2D eigenvalue weighted by Gasteiger charge is -2.29. The number of nitrogens with zero attached hydrogens (tertiary/aromatic N) is 3. The van der Waals surface area contributed by atoms with Gasteiger partial charge in [-0.25, -0.2) is 9.97 Å². The number of hydrogen-bond donors (Lipinski definition) is 1. The van der Waals surface area contributed by atoms with Crippen molar-refractivity contribution in [2.24, 2.45) is 0 Å². The number of anilines is 1. The third-order valence-corrected chi connectivity index (χ3v) is 3.20. The van der Waals surface area contributed by atoms with Gasteiger partial charge in [0.2, 0.25) is 0 Å². The molecule has 0 fully saturated rings. The second kappa shape index (κ2) is 5.16. The van der Waals surface area contributed by atoms with Crippen LogP contribution in [0.2, 0.25) is 0 Å². The molecule has 3 rings (SSSR count). The molecule has 1 aliphatic heterocycles. The molecule has 0 saturated carbocycles. The molecular weight excluding hydrogens is 256 g/mol. The third kappa shape index (κ3) is 2.27. The van der Waals surface area contributed by atoms with Crippen LogP contribution in [0.4, 0.5) is 5.82 Å². The average molecular weight is 270 g/mol. The Morgan fingerprint density at radius 2 is 2.15 bits per heavy atom. The van der Waals surface area contributed by atoms with Crippen LogP contribution in [0.5, 0.6) is 5.75 Å². The molecule has 0 aliphatic carbocycles. The summed E-state index contributed by atoms with van der Waals surface area (Å²) in [6.45, 7) is 1.10. The van der Waals surface area contributed by atoms with E-state index >= 15 is 0 Å². The van der Waals surface area contributed by atoms with Crippen molar-refractivity contribution in [1.29, 1.82) is 0 Å². The molecule has 1 aromatic heterocycles. The van der Waals surface area contributed by atoms with Gasteiger partial charge in [-0.1, -0.05) is 12.1 Å². The van der Waals surface area contributed by atoms with E-state index in [1.165, 1.54) is 12.5 Å². The van der Waals surface area contributed by atoms with Gasteiger partial charge in [0.15, 0.2) is 0 Å². The Bertz CT molecular complexity index is 627. The number of ether oxygens (including phenoxy) is 1. The molecule has 20 heavy (non-hydrogen) atoms. The van der Waals surface area contributed by atoms with Crippen molar-refractivity contribution in [1.82, 2.24) is 15.3 Å². The van der Waals surface area contributed by atoms with Crippen LogP contribution in [0.25, 0.3) is 0 Å². The van der Waals surface area contributed by atoms with Crippen LogP contribution in [0.1, 0.15) is 15.9 Å². The minimum Gasteiger partial charge on any atom is -0.497 e. The normalized spacial score (nSPS) is 13.7. The predicted molar refractivity (Wildman–Crippen MR) is 73.5 cm³/mol. The number of nitrogens with one attached hydrogen (secondary N) is 1. The molecule has 1 aromatic carbocycles. The van der Waals surface area contributed by atoms with Gasteiger partial charge in [0.1, 0.15) is 23.5 Å². The number of carbonyl (C=O) groups is 1. The highest BCUT2D eigenvalue weighted by Crippen LogP contribution is 2.22. The summed E-state index contributed by atoms with van der Waals surface area (Å²) in [6, 6.07) is 7.82. The van der Waals surface area contributed by atoms with Crippen LogP contribution in [0.3, 0.4) is 0 Å². The highest BCUT2D eigenvalue weighted by molar-refractivity contribution is 6.00. The fraction of sp³-hybridized carbons (Fsp3) is 0.214. The fourth-order valence-electron chi connectivity index (χ4n) is 2.15. The van der Waals surface area contributed by atoms with E-state index in [9.17, 15) is 4.79 Å². The molecule has 0 unspecified atom stereocenters. The molecule has 6 nitrogen and oxygen atoms in total. The number of benzene rings is 1. The Labute approximate surface area is 116 Å². The van der Waals surface area contributed by atoms with Gasteiger partial charge in [0.05, 0.1) is 13.8 Å². The third-order valence-electron chi connectivity index (χ3n) is 3.20. The largest absolute Gasteiger partial charge is 0.497 e. The van der Waals surface area contributed by atoms with Gasteiger partial charge in [-0.2, -0.15) is 0 Å². The lowest BCUT2D eigenvalue weighted by molar-refractivity contribution is 0.0946. The smallest absolute Gasteiger partial charge is 0.258 e. The highest BCUT2D eigenvalue weighted by atomic mass is 16.5. The number of methoxy groups -OCH3 is 1. The van der Waals surface area contributed by atoms with E-state index in [4.69, 9.17) is 4.74 Å². The summed E-state index contributed by atoms with van der Waals surface area (Å²) >= 11 is 0. The number of hydrogen-bond acceptors (Lipinski definition) is 5. The van der Waals surface area contributed by atoms with E-state index < -0.39 is 0 Å². The Morgan fingerprint density at radius 3 is 2.90 bits per heavy atom. The first-order valence-corrected chi connectivity index (χ1v) is 6.24. The van der Waals surface area contributed by atoms with Crippen molar-refractivity contribution in [3.63, 3.8) is 0 Å². The zero-order chi connectivity index (χ0) is 13.9. The minimum absolute atomic E-state index is 0.133. The zero-order valence-electron chi connectivity index (χ0n) is 11.0. The van der Waals surface area contributed by atoms with E-state index in [0.717, 1.165) is 11.3 Å². The molecule has 0 bridgehead atoms. The van der Waals surface area contributed by atoms with Crippen LogP contribution in [0.15, 0.2) is 36.8 Å². The van der Waals surface area contributed by atoms with E-state index in [-0.39, 0.29) is 5.91 Å². The van der Waals surface area contributed by atoms with Crippen molar-refractivity contribution >= 4 is 11.7 Å². The molecule has 6 heteroatoms. The summed E-state index contributed by atoms with van der Waals surface area (Å²) in [5.41, 5.74) is 1.62. The van der Waals surface area contributed by atoms with Gasteiger partial charge in [-0.05, 0) is 17.7 Å².